The van der Waals surface area contributed by atoms with Crippen molar-refractivity contribution in [3.63, 3.8) is 0 Å². The van der Waals surface area contributed by atoms with Crippen LogP contribution in [0.2, 0.25) is 0 Å². The summed E-state index contributed by atoms with van der Waals surface area (Å²) in [7, 11) is 1.94. The minimum absolute atomic E-state index is 0.0870. The van der Waals surface area contributed by atoms with E-state index >= 15 is 0 Å². The third-order valence-corrected chi connectivity index (χ3v) is 5.11. The largest absolute Gasteiger partial charge is 0.319 e. The van der Waals surface area contributed by atoms with Gasteiger partial charge in [-0.3, -0.25) is 0 Å². The van der Waals surface area contributed by atoms with Gasteiger partial charge in [0.2, 0.25) is 0 Å². The van der Waals surface area contributed by atoms with Crippen molar-refractivity contribution < 1.29 is 4.39 Å². The summed E-state index contributed by atoms with van der Waals surface area (Å²) < 4.78 is 14.6. The SMILES string of the molecule is CNCCc1nc(C(C)c2ccc(-c3ccccc3)c(F)c2)cs1. The molecule has 2 aromatic carbocycles. The first-order chi connectivity index (χ1) is 11.7. The van der Waals surface area contributed by atoms with Gasteiger partial charge in [0.15, 0.2) is 0 Å². The molecule has 1 unspecified atom stereocenters. The van der Waals surface area contributed by atoms with Crippen LogP contribution in [0, 0.1) is 5.82 Å². The highest BCUT2D eigenvalue weighted by Crippen LogP contribution is 2.30. The molecule has 0 bridgehead atoms. The fourth-order valence-electron chi connectivity index (χ4n) is 2.69. The van der Waals surface area contributed by atoms with E-state index in [9.17, 15) is 4.39 Å². The lowest BCUT2D eigenvalue weighted by molar-refractivity contribution is 0.627. The molecule has 0 saturated carbocycles. The summed E-state index contributed by atoms with van der Waals surface area (Å²) in [5.74, 6) is -0.0971. The van der Waals surface area contributed by atoms with E-state index in [1.807, 2.05) is 49.5 Å². The predicted molar refractivity (Wildman–Crippen MR) is 99.1 cm³/mol. The molecular formula is C20H21FN2S. The highest BCUT2D eigenvalue weighted by Gasteiger charge is 2.15. The summed E-state index contributed by atoms with van der Waals surface area (Å²) in [6.45, 7) is 3.00. The smallest absolute Gasteiger partial charge is 0.131 e. The Hall–Kier alpha value is -2.04. The van der Waals surface area contributed by atoms with Crippen LogP contribution in [-0.4, -0.2) is 18.6 Å². The van der Waals surface area contributed by atoms with Gasteiger partial charge in [0.05, 0.1) is 10.7 Å². The van der Waals surface area contributed by atoms with Gasteiger partial charge in [0, 0.05) is 29.8 Å². The van der Waals surface area contributed by atoms with Crippen LogP contribution in [0.1, 0.15) is 29.1 Å². The van der Waals surface area contributed by atoms with E-state index in [4.69, 9.17) is 4.98 Å². The highest BCUT2D eigenvalue weighted by atomic mass is 32.1. The first-order valence-electron chi connectivity index (χ1n) is 8.13. The number of thiazole rings is 1. The predicted octanol–water partition coefficient (Wildman–Crippen LogP) is 4.86. The van der Waals surface area contributed by atoms with Gasteiger partial charge < -0.3 is 5.32 Å². The summed E-state index contributed by atoms with van der Waals surface area (Å²) >= 11 is 1.67. The zero-order valence-corrected chi connectivity index (χ0v) is 14.7. The normalized spacial score (nSPS) is 12.3. The molecule has 124 valence electrons. The molecule has 0 amide bonds. The van der Waals surface area contributed by atoms with Gasteiger partial charge in [-0.05, 0) is 24.2 Å². The minimum Gasteiger partial charge on any atom is -0.319 e. The second-order valence-electron chi connectivity index (χ2n) is 5.85. The lowest BCUT2D eigenvalue weighted by atomic mass is 9.95. The van der Waals surface area contributed by atoms with E-state index in [0.29, 0.717) is 5.56 Å². The topological polar surface area (TPSA) is 24.9 Å². The zero-order valence-electron chi connectivity index (χ0n) is 13.9. The van der Waals surface area contributed by atoms with Gasteiger partial charge in [-0.2, -0.15) is 0 Å². The van der Waals surface area contributed by atoms with Crippen molar-refractivity contribution in [1.29, 1.82) is 0 Å². The van der Waals surface area contributed by atoms with Crippen LogP contribution in [-0.2, 0) is 6.42 Å². The second-order valence-corrected chi connectivity index (χ2v) is 6.79. The van der Waals surface area contributed by atoms with Crippen molar-refractivity contribution >= 4 is 11.3 Å². The Labute approximate surface area is 146 Å². The fourth-order valence-corrected chi connectivity index (χ4v) is 3.59. The molecule has 0 aliphatic rings. The molecule has 1 N–H and O–H groups in total. The highest BCUT2D eigenvalue weighted by molar-refractivity contribution is 7.09. The van der Waals surface area contributed by atoms with Crippen molar-refractivity contribution in [2.75, 3.05) is 13.6 Å². The Balaban J connectivity index is 1.82. The first kappa shape index (κ1) is 16.8. The average molecular weight is 340 g/mol. The zero-order chi connectivity index (χ0) is 16.9. The Bertz CT molecular complexity index is 798. The molecule has 3 rings (SSSR count). The third kappa shape index (κ3) is 3.71. The molecule has 1 heterocycles. The van der Waals surface area contributed by atoms with Crippen LogP contribution < -0.4 is 5.32 Å². The number of benzene rings is 2. The van der Waals surface area contributed by atoms with Crippen LogP contribution >= 0.6 is 11.3 Å². The van der Waals surface area contributed by atoms with Crippen molar-refractivity contribution in [3.05, 3.63) is 76.0 Å². The van der Waals surface area contributed by atoms with Gasteiger partial charge >= 0.3 is 0 Å². The second kappa shape index (κ2) is 7.69. The Morgan fingerprint density at radius 1 is 1.17 bits per heavy atom. The van der Waals surface area contributed by atoms with E-state index < -0.39 is 0 Å². The summed E-state index contributed by atoms with van der Waals surface area (Å²) in [5.41, 5.74) is 3.51. The molecule has 0 radical (unpaired) electrons. The number of likely N-dealkylation sites (N-methyl/N-ethyl adjacent to an activating group) is 1. The van der Waals surface area contributed by atoms with Gasteiger partial charge in [-0.15, -0.1) is 11.3 Å². The molecule has 0 fully saturated rings. The van der Waals surface area contributed by atoms with Crippen LogP contribution in [0.4, 0.5) is 4.39 Å². The van der Waals surface area contributed by atoms with E-state index in [-0.39, 0.29) is 11.7 Å². The lowest BCUT2D eigenvalue weighted by Gasteiger charge is -2.11. The molecular weight excluding hydrogens is 319 g/mol. The number of hydrogen-bond donors (Lipinski definition) is 1. The van der Waals surface area contributed by atoms with Crippen LogP contribution in [0.3, 0.4) is 0 Å². The summed E-state index contributed by atoms with van der Waals surface area (Å²) in [5, 5.41) is 6.33. The van der Waals surface area contributed by atoms with Gasteiger partial charge in [0.1, 0.15) is 5.82 Å². The number of nitrogens with one attached hydrogen (secondary N) is 1. The summed E-state index contributed by atoms with van der Waals surface area (Å²) in [6, 6.07) is 15.1. The number of rotatable bonds is 6. The number of hydrogen-bond acceptors (Lipinski definition) is 3. The number of nitrogens with zero attached hydrogens (tertiary/aromatic N) is 1. The summed E-state index contributed by atoms with van der Waals surface area (Å²) in [6.07, 6.45) is 0.926. The standard InChI is InChI=1S/C20H21FN2S/c1-14(19-13-24-20(23-19)10-11-22-2)16-8-9-17(18(21)12-16)15-6-4-3-5-7-15/h3-9,12-14,22H,10-11H2,1-2H3. The van der Waals surface area contributed by atoms with Gasteiger partial charge in [-0.1, -0.05) is 49.4 Å². The Morgan fingerprint density at radius 2 is 1.96 bits per heavy atom. The van der Waals surface area contributed by atoms with E-state index in [2.05, 4.69) is 17.6 Å². The minimum atomic E-state index is -0.184. The quantitative estimate of drug-likeness (QED) is 0.693. The van der Waals surface area contributed by atoms with Crippen LogP contribution in [0.15, 0.2) is 53.9 Å². The molecule has 2 nitrogen and oxygen atoms in total. The lowest BCUT2D eigenvalue weighted by Crippen LogP contribution is -2.10. The van der Waals surface area contributed by atoms with Crippen molar-refractivity contribution in [1.82, 2.24) is 10.3 Å². The monoisotopic (exact) mass is 340 g/mol. The van der Waals surface area contributed by atoms with E-state index in [1.165, 1.54) is 0 Å². The van der Waals surface area contributed by atoms with Crippen LogP contribution in [0.25, 0.3) is 11.1 Å². The third-order valence-electron chi connectivity index (χ3n) is 4.18. The molecule has 0 aliphatic heterocycles. The van der Waals surface area contributed by atoms with Crippen molar-refractivity contribution in [3.8, 4) is 11.1 Å². The van der Waals surface area contributed by atoms with Gasteiger partial charge in [-0.25, -0.2) is 9.37 Å². The molecule has 3 aromatic rings. The average Bonchev–Trinajstić information content (AvgIpc) is 3.09. The van der Waals surface area contributed by atoms with Crippen molar-refractivity contribution in [2.24, 2.45) is 0 Å². The Morgan fingerprint density at radius 3 is 2.67 bits per heavy atom. The maximum absolute atomic E-state index is 14.6. The molecule has 4 heteroatoms. The van der Waals surface area contributed by atoms with E-state index in [0.717, 1.165) is 34.8 Å². The van der Waals surface area contributed by atoms with Gasteiger partial charge in [0.25, 0.3) is 0 Å². The first-order valence-corrected chi connectivity index (χ1v) is 9.00. The Kier molecular flexibility index (Phi) is 5.38. The molecule has 1 atom stereocenters. The molecule has 0 aliphatic carbocycles. The van der Waals surface area contributed by atoms with Crippen molar-refractivity contribution in [2.45, 2.75) is 19.3 Å². The molecule has 0 saturated heterocycles. The molecule has 0 spiro atoms. The fraction of sp³-hybridized carbons (Fsp3) is 0.250. The maximum atomic E-state index is 14.6. The molecule has 24 heavy (non-hydrogen) atoms. The molecule has 1 aromatic heterocycles. The van der Waals surface area contributed by atoms with E-state index in [1.54, 1.807) is 17.4 Å². The summed E-state index contributed by atoms with van der Waals surface area (Å²) in [4.78, 5) is 4.69. The van der Waals surface area contributed by atoms with Crippen LogP contribution in [0.5, 0.6) is 0 Å². The number of aromatic nitrogens is 1. The number of halogens is 1. The maximum Gasteiger partial charge on any atom is 0.131 e.